The van der Waals surface area contributed by atoms with Crippen molar-refractivity contribution < 1.29 is 0 Å². The lowest BCUT2D eigenvalue weighted by Crippen LogP contribution is -2.06. The van der Waals surface area contributed by atoms with Crippen LogP contribution in [0, 0.1) is 6.92 Å². The summed E-state index contributed by atoms with van der Waals surface area (Å²) in [6, 6.07) is 18.5. The lowest BCUT2D eigenvalue weighted by molar-refractivity contribution is 0.880. The minimum Gasteiger partial charge on any atom is -0.281 e. The molecule has 106 valence electrons. The van der Waals surface area contributed by atoms with E-state index in [4.69, 9.17) is 11.6 Å². The van der Waals surface area contributed by atoms with Gasteiger partial charge in [0.1, 0.15) is 5.82 Å². The van der Waals surface area contributed by atoms with Gasteiger partial charge in [-0.1, -0.05) is 48.5 Å². The van der Waals surface area contributed by atoms with Gasteiger partial charge in [-0.05, 0) is 24.1 Å². The quantitative estimate of drug-likeness (QED) is 0.684. The fourth-order valence-electron chi connectivity index (χ4n) is 2.43. The average Bonchev–Trinajstić information content (AvgIpc) is 2.91. The molecule has 21 heavy (non-hydrogen) atoms. The Morgan fingerprint density at radius 1 is 0.905 bits per heavy atom. The number of para-hydroxylation sites is 1. The summed E-state index contributed by atoms with van der Waals surface area (Å²) in [7, 11) is 0. The molecule has 0 saturated heterocycles. The Morgan fingerprint density at radius 3 is 2.29 bits per heavy atom. The molecule has 0 radical (unpaired) electrons. The van der Waals surface area contributed by atoms with Crippen molar-refractivity contribution in [3.8, 4) is 5.69 Å². The molecule has 0 amide bonds. The summed E-state index contributed by atoms with van der Waals surface area (Å²) < 4.78 is 2.06. The van der Waals surface area contributed by atoms with E-state index in [1.807, 2.05) is 30.3 Å². The summed E-state index contributed by atoms with van der Waals surface area (Å²) in [4.78, 5) is 0. The van der Waals surface area contributed by atoms with Gasteiger partial charge >= 0.3 is 0 Å². The van der Waals surface area contributed by atoms with Gasteiger partial charge in [0, 0.05) is 6.42 Å². The van der Waals surface area contributed by atoms with Crippen LogP contribution in [0.3, 0.4) is 0 Å². The highest BCUT2D eigenvalue weighted by molar-refractivity contribution is 6.16. The van der Waals surface area contributed by atoms with Gasteiger partial charge in [0.15, 0.2) is 5.82 Å². The summed E-state index contributed by atoms with van der Waals surface area (Å²) in [6.07, 6.45) is 0.735. The number of benzene rings is 2. The number of rotatable bonds is 4. The molecule has 2 aromatic carbocycles. The van der Waals surface area contributed by atoms with Gasteiger partial charge in [-0.3, -0.25) is 4.57 Å². The van der Waals surface area contributed by atoms with Gasteiger partial charge in [-0.25, -0.2) is 0 Å². The first-order chi connectivity index (χ1) is 10.3. The highest BCUT2D eigenvalue weighted by atomic mass is 35.5. The molecule has 0 saturated carbocycles. The summed E-state index contributed by atoms with van der Waals surface area (Å²) in [5, 5.41) is 8.56. The third kappa shape index (κ3) is 2.83. The monoisotopic (exact) mass is 297 g/mol. The van der Waals surface area contributed by atoms with Crippen LogP contribution < -0.4 is 0 Å². The Labute approximate surface area is 129 Å². The molecule has 0 unspecified atom stereocenters. The molecule has 3 aromatic rings. The Hall–Kier alpha value is -2.13. The molecule has 0 atom stereocenters. The summed E-state index contributed by atoms with van der Waals surface area (Å²) in [5.41, 5.74) is 3.47. The molecule has 4 heteroatoms. The molecule has 3 nitrogen and oxygen atoms in total. The predicted molar refractivity (Wildman–Crippen MR) is 84.9 cm³/mol. The molecule has 3 rings (SSSR count). The Kier molecular flexibility index (Phi) is 4.02. The van der Waals surface area contributed by atoms with Crippen molar-refractivity contribution in [2.75, 3.05) is 0 Å². The fourth-order valence-corrected chi connectivity index (χ4v) is 2.60. The van der Waals surface area contributed by atoms with Gasteiger partial charge in [-0.2, -0.15) is 0 Å². The standard InChI is InChI=1S/C17H16ClN3/c1-13-7-5-6-10-15(13)21-16(19-20-17(21)12-18)11-14-8-3-2-4-9-14/h2-10H,11-12H2,1H3. The molecule has 0 aliphatic heterocycles. The number of hydrogen-bond acceptors (Lipinski definition) is 2. The number of hydrogen-bond donors (Lipinski definition) is 0. The van der Waals surface area contributed by atoms with E-state index < -0.39 is 0 Å². The van der Waals surface area contributed by atoms with Gasteiger partial charge in [0.05, 0.1) is 11.6 Å². The third-order valence-electron chi connectivity index (χ3n) is 3.48. The maximum atomic E-state index is 6.03. The molecule has 0 aliphatic carbocycles. The van der Waals surface area contributed by atoms with E-state index in [0.717, 1.165) is 23.8 Å². The highest BCUT2D eigenvalue weighted by Gasteiger charge is 2.14. The normalized spacial score (nSPS) is 10.8. The molecule has 0 aliphatic rings. The summed E-state index contributed by atoms with van der Waals surface area (Å²) in [6.45, 7) is 2.08. The van der Waals surface area contributed by atoms with Gasteiger partial charge in [0.25, 0.3) is 0 Å². The van der Waals surface area contributed by atoms with Crippen molar-refractivity contribution in [3.63, 3.8) is 0 Å². The highest BCUT2D eigenvalue weighted by Crippen LogP contribution is 2.20. The second-order valence-electron chi connectivity index (χ2n) is 4.95. The molecular formula is C17H16ClN3. The second-order valence-corrected chi connectivity index (χ2v) is 5.22. The van der Waals surface area contributed by atoms with E-state index in [0.29, 0.717) is 5.88 Å². The summed E-state index contributed by atoms with van der Waals surface area (Å²) >= 11 is 6.03. The van der Waals surface area contributed by atoms with Crippen LogP contribution in [-0.4, -0.2) is 14.8 Å². The number of nitrogens with zero attached hydrogens (tertiary/aromatic N) is 3. The third-order valence-corrected chi connectivity index (χ3v) is 3.72. The molecular weight excluding hydrogens is 282 g/mol. The van der Waals surface area contributed by atoms with E-state index in [-0.39, 0.29) is 0 Å². The smallest absolute Gasteiger partial charge is 0.152 e. The van der Waals surface area contributed by atoms with Crippen LogP contribution >= 0.6 is 11.6 Å². The first-order valence-corrected chi connectivity index (χ1v) is 7.42. The maximum absolute atomic E-state index is 6.03. The maximum Gasteiger partial charge on any atom is 0.152 e. The zero-order chi connectivity index (χ0) is 14.7. The number of alkyl halides is 1. The zero-order valence-corrected chi connectivity index (χ0v) is 12.6. The van der Waals surface area contributed by atoms with Crippen molar-refractivity contribution in [1.82, 2.24) is 14.8 Å². The first-order valence-electron chi connectivity index (χ1n) is 6.88. The minimum atomic E-state index is 0.343. The van der Waals surface area contributed by atoms with E-state index in [1.165, 1.54) is 11.1 Å². The van der Waals surface area contributed by atoms with Crippen LogP contribution in [-0.2, 0) is 12.3 Å². The first kappa shape index (κ1) is 13.8. The number of halogens is 1. The number of aryl methyl sites for hydroxylation is 1. The van der Waals surface area contributed by atoms with E-state index in [2.05, 4.69) is 46.0 Å². The van der Waals surface area contributed by atoms with Crippen LogP contribution in [0.25, 0.3) is 5.69 Å². The molecule has 0 fully saturated rings. The van der Waals surface area contributed by atoms with Gasteiger partial charge < -0.3 is 0 Å². The predicted octanol–water partition coefficient (Wildman–Crippen LogP) is 3.91. The topological polar surface area (TPSA) is 30.7 Å². The Bertz CT molecular complexity index is 735. The van der Waals surface area contributed by atoms with Crippen LogP contribution in [0.1, 0.15) is 22.8 Å². The van der Waals surface area contributed by atoms with Gasteiger partial charge in [0.2, 0.25) is 0 Å². The molecule has 0 bridgehead atoms. The van der Waals surface area contributed by atoms with Crippen molar-refractivity contribution >= 4 is 11.6 Å². The Balaban J connectivity index is 2.07. The minimum absolute atomic E-state index is 0.343. The lowest BCUT2D eigenvalue weighted by Gasteiger charge is -2.12. The summed E-state index contributed by atoms with van der Waals surface area (Å²) in [5.74, 6) is 2.03. The van der Waals surface area contributed by atoms with Crippen LogP contribution in [0.5, 0.6) is 0 Å². The average molecular weight is 298 g/mol. The molecule has 1 heterocycles. The van der Waals surface area contributed by atoms with Crippen LogP contribution in [0.2, 0.25) is 0 Å². The Morgan fingerprint density at radius 2 is 1.57 bits per heavy atom. The van der Waals surface area contributed by atoms with E-state index in [9.17, 15) is 0 Å². The van der Waals surface area contributed by atoms with Crippen molar-refractivity contribution in [2.45, 2.75) is 19.2 Å². The molecule has 0 spiro atoms. The second kappa shape index (κ2) is 6.10. The molecule has 0 N–H and O–H groups in total. The van der Waals surface area contributed by atoms with Gasteiger partial charge in [-0.15, -0.1) is 21.8 Å². The van der Waals surface area contributed by atoms with E-state index >= 15 is 0 Å². The van der Waals surface area contributed by atoms with Crippen molar-refractivity contribution in [1.29, 1.82) is 0 Å². The lowest BCUT2D eigenvalue weighted by atomic mass is 10.1. The van der Waals surface area contributed by atoms with E-state index in [1.54, 1.807) is 0 Å². The van der Waals surface area contributed by atoms with Crippen molar-refractivity contribution in [3.05, 3.63) is 77.4 Å². The fraction of sp³-hybridized carbons (Fsp3) is 0.176. The zero-order valence-electron chi connectivity index (χ0n) is 11.8. The SMILES string of the molecule is Cc1ccccc1-n1c(CCl)nnc1Cc1ccccc1. The van der Waals surface area contributed by atoms with Crippen LogP contribution in [0.4, 0.5) is 0 Å². The number of aromatic nitrogens is 3. The largest absolute Gasteiger partial charge is 0.281 e. The molecule has 1 aromatic heterocycles. The van der Waals surface area contributed by atoms with Crippen LogP contribution in [0.15, 0.2) is 54.6 Å². The van der Waals surface area contributed by atoms with Crippen molar-refractivity contribution in [2.24, 2.45) is 0 Å².